The highest BCUT2D eigenvalue weighted by atomic mass is 31.1. The molecule has 2 aromatic heterocycles. The van der Waals surface area contributed by atoms with E-state index in [1.54, 1.807) is 7.05 Å². The highest BCUT2D eigenvalue weighted by Crippen LogP contribution is 2.29. The third-order valence-electron chi connectivity index (χ3n) is 3.61. The van der Waals surface area contributed by atoms with E-state index in [2.05, 4.69) is 39.0 Å². The van der Waals surface area contributed by atoms with E-state index in [9.17, 15) is 4.79 Å². The Labute approximate surface area is 157 Å². The number of benzene rings is 1. The predicted molar refractivity (Wildman–Crippen MR) is 104 cm³/mol. The van der Waals surface area contributed by atoms with Crippen LogP contribution < -0.4 is 10.6 Å². The summed E-state index contributed by atoms with van der Waals surface area (Å²) in [5.74, 6) is 0.887. The molecule has 9 nitrogen and oxygen atoms in total. The zero-order valence-corrected chi connectivity index (χ0v) is 16.3. The SMILES string of the molecule is CNCC(=O)Nc1nc2ccccc2c2c1ncn2CC(C)C.O=[P+](O)O. The predicted octanol–water partition coefficient (Wildman–Crippen LogP) is 2.03. The van der Waals surface area contributed by atoms with Gasteiger partial charge < -0.3 is 15.2 Å². The molecule has 27 heavy (non-hydrogen) atoms. The monoisotopic (exact) mass is 392 g/mol. The van der Waals surface area contributed by atoms with Crippen molar-refractivity contribution in [3.05, 3.63) is 30.6 Å². The molecule has 0 fully saturated rings. The van der Waals surface area contributed by atoms with Crippen molar-refractivity contribution in [3.8, 4) is 0 Å². The Hall–Kier alpha value is -2.45. The fraction of sp³-hybridized carbons (Fsp3) is 0.353. The lowest BCUT2D eigenvalue weighted by Crippen LogP contribution is -2.25. The first-order valence-electron chi connectivity index (χ1n) is 8.36. The van der Waals surface area contributed by atoms with Gasteiger partial charge in [0.1, 0.15) is 5.52 Å². The number of anilines is 1. The van der Waals surface area contributed by atoms with E-state index < -0.39 is 8.25 Å². The Kier molecular flexibility index (Phi) is 7.32. The van der Waals surface area contributed by atoms with Gasteiger partial charge in [-0.3, -0.25) is 4.79 Å². The number of nitrogens with zero attached hydrogens (tertiary/aromatic N) is 3. The number of nitrogens with one attached hydrogen (secondary N) is 2. The van der Waals surface area contributed by atoms with Crippen LogP contribution in [0.2, 0.25) is 0 Å². The minimum absolute atomic E-state index is 0.130. The lowest BCUT2D eigenvalue weighted by Gasteiger charge is -2.11. The molecule has 0 saturated carbocycles. The first-order valence-corrected chi connectivity index (χ1v) is 9.53. The maximum absolute atomic E-state index is 11.9. The molecule has 144 valence electrons. The van der Waals surface area contributed by atoms with Crippen LogP contribution in [0.25, 0.3) is 21.9 Å². The van der Waals surface area contributed by atoms with Crippen LogP contribution in [0.15, 0.2) is 30.6 Å². The van der Waals surface area contributed by atoms with Crippen LogP contribution in [0.1, 0.15) is 13.8 Å². The minimum atomic E-state index is -2.87. The maximum atomic E-state index is 11.9. The summed E-state index contributed by atoms with van der Waals surface area (Å²) in [4.78, 5) is 35.3. The standard InChI is InChI=1S/C17H21N5O.HO3P/c1-11(2)9-22-10-19-15-16(22)12-6-4-5-7-13(12)20-17(15)21-14(23)8-18-3;1-4(2)3/h4-7,10-11,18H,8-9H2,1-3H3,(H,20,21,23);(H-,1,2,3)/p+1. The first-order chi connectivity index (χ1) is 12.8. The smallest absolute Gasteiger partial charge is 0.330 e. The van der Waals surface area contributed by atoms with Crippen LogP contribution in [-0.4, -0.2) is 43.8 Å². The van der Waals surface area contributed by atoms with Gasteiger partial charge in [-0.25, -0.2) is 9.97 Å². The molecule has 10 heteroatoms. The molecule has 0 unspecified atom stereocenters. The van der Waals surface area contributed by atoms with Gasteiger partial charge in [-0.1, -0.05) is 32.0 Å². The molecular weight excluding hydrogens is 369 g/mol. The second-order valence-electron chi connectivity index (χ2n) is 6.30. The van der Waals surface area contributed by atoms with Crippen LogP contribution >= 0.6 is 8.25 Å². The third kappa shape index (κ3) is 5.51. The van der Waals surface area contributed by atoms with E-state index in [1.807, 2.05) is 30.6 Å². The van der Waals surface area contributed by atoms with Crippen LogP contribution in [0.3, 0.4) is 0 Å². The topological polar surface area (TPSA) is 129 Å². The second-order valence-corrected chi connectivity index (χ2v) is 6.80. The molecule has 2 heterocycles. The normalized spacial score (nSPS) is 10.7. The molecule has 3 rings (SSSR count). The Morgan fingerprint density at radius 1 is 1.30 bits per heavy atom. The number of carbonyl (C=O) groups is 1. The molecule has 0 aliphatic heterocycles. The van der Waals surface area contributed by atoms with Gasteiger partial charge in [0.15, 0.2) is 5.82 Å². The largest absolute Gasteiger partial charge is 0.692 e. The fourth-order valence-electron chi connectivity index (χ4n) is 2.74. The Morgan fingerprint density at radius 3 is 2.59 bits per heavy atom. The van der Waals surface area contributed by atoms with Gasteiger partial charge in [-0.15, -0.1) is 9.79 Å². The number of hydrogen-bond acceptors (Lipinski definition) is 5. The van der Waals surface area contributed by atoms with Crippen molar-refractivity contribution in [2.75, 3.05) is 18.9 Å². The van der Waals surface area contributed by atoms with E-state index in [-0.39, 0.29) is 12.5 Å². The van der Waals surface area contributed by atoms with E-state index in [0.29, 0.717) is 11.7 Å². The van der Waals surface area contributed by atoms with Gasteiger partial charge in [-0.05, 0) is 19.0 Å². The number of para-hydroxylation sites is 1. The maximum Gasteiger partial charge on any atom is 0.692 e. The number of pyridine rings is 1. The number of rotatable bonds is 5. The molecule has 4 N–H and O–H groups in total. The van der Waals surface area contributed by atoms with Crippen molar-refractivity contribution in [2.45, 2.75) is 20.4 Å². The fourth-order valence-corrected chi connectivity index (χ4v) is 2.74. The summed E-state index contributed by atoms with van der Waals surface area (Å²) in [6.07, 6.45) is 1.83. The van der Waals surface area contributed by atoms with Gasteiger partial charge in [0.05, 0.1) is 23.9 Å². The molecule has 0 saturated heterocycles. The Bertz CT molecular complexity index is 953. The highest BCUT2D eigenvalue weighted by Gasteiger charge is 2.15. The molecule has 0 bridgehead atoms. The van der Waals surface area contributed by atoms with Crippen molar-refractivity contribution >= 4 is 41.9 Å². The molecule has 0 radical (unpaired) electrons. The zero-order chi connectivity index (χ0) is 20.0. The average Bonchev–Trinajstić information content (AvgIpc) is 2.98. The zero-order valence-electron chi connectivity index (χ0n) is 15.4. The second kappa shape index (κ2) is 9.48. The quantitative estimate of drug-likeness (QED) is 0.489. The average molecular weight is 392 g/mol. The van der Waals surface area contributed by atoms with Crippen LogP contribution in [0.5, 0.6) is 0 Å². The molecule has 1 amide bonds. The number of amides is 1. The number of likely N-dealkylation sites (N-methyl/N-ethyl adjacent to an activating group) is 1. The van der Waals surface area contributed by atoms with Crippen LogP contribution in [-0.2, 0) is 15.9 Å². The van der Waals surface area contributed by atoms with E-state index in [0.717, 1.165) is 28.5 Å². The lowest BCUT2D eigenvalue weighted by molar-refractivity contribution is -0.115. The van der Waals surface area contributed by atoms with E-state index in [1.165, 1.54) is 0 Å². The van der Waals surface area contributed by atoms with Crippen LogP contribution in [0.4, 0.5) is 5.82 Å². The van der Waals surface area contributed by atoms with Gasteiger partial charge in [0, 0.05) is 16.5 Å². The molecule has 1 aromatic carbocycles. The molecular formula is C17H23N5O4P+. The summed E-state index contributed by atoms with van der Waals surface area (Å²) in [6.45, 7) is 5.45. The van der Waals surface area contributed by atoms with Gasteiger partial charge >= 0.3 is 8.25 Å². The number of carbonyl (C=O) groups excluding carboxylic acids is 1. The van der Waals surface area contributed by atoms with E-state index in [4.69, 9.17) is 14.4 Å². The first kappa shape index (κ1) is 20.9. The molecule has 0 aliphatic carbocycles. The molecule has 0 aliphatic rings. The summed E-state index contributed by atoms with van der Waals surface area (Å²) in [7, 11) is -1.13. The number of fused-ring (bicyclic) bond motifs is 3. The molecule has 0 spiro atoms. The van der Waals surface area contributed by atoms with Crippen LogP contribution in [0, 0.1) is 5.92 Å². The summed E-state index contributed by atoms with van der Waals surface area (Å²) in [5, 5.41) is 6.74. The summed E-state index contributed by atoms with van der Waals surface area (Å²) in [6, 6.07) is 7.94. The highest BCUT2D eigenvalue weighted by molar-refractivity contribution is 7.30. The van der Waals surface area contributed by atoms with Gasteiger partial charge in [0.2, 0.25) is 5.91 Å². The lowest BCUT2D eigenvalue weighted by atomic mass is 10.1. The van der Waals surface area contributed by atoms with E-state index >= 15 is 0 Å². The van der Waals surface area contributed by atoms with Crippen molar-refractivity contribution < 1.29 is 19.1 Å². The number of aromatic nitrogens is 3. The van der Waals surface area contributed by atoms with Crippen molar-refractivity contribution in [2.24, 2.45) is 5.92 Å². The Morgan fingerprint density at radius 2 is 1.96 bits per heavy atom. The Balaban J connectivity index is 0.000000596. The van der Waals surface area contributed by atoms with Crippen molar-refractivity contribution in [1.82, 2.24) is 19.9 Å². The molecule has 3 aromatic rings. The summed E-state index contributed by atoms with van der Waals surface area (Å²) in [5.41, 5.74) is 2.60. The van der Waals surface area contributed by atoms with Gasteiger partial charge in [-0.2, -0.15) is 0 Å². The van der Waals surface area contributed by atoms with Crippen molar-refractivity contribution in [1.29, 1.82) is 0 Å². The van der Waals surface area contributed by atoms with Crippen molar-refractivity contribution in [3.63, 3.8) is 0 Å². The summed E-state index contributed by atoms with van der Waals surface area (Å²) >= 11 is 0. The third-order valence-corrected chi connectivity index (χ3v) is 3.61. The number of hydrogen-bond donors (Lipinski definition) is 4. The van der Waals surface area contributed by atoms with Gasteiger partial charge in [0.25, 0.3) is 0 Å². The minimum Gasteiger partial charge on any atom is -0.330 e. The summed E-state index contributed by atoms with van der Waals surface area (Å²) < 4.78 is 10.8. The molecule has 0 atom stereocenters. The number of imidazole rings is 1.